The van der Waals surface area contributed by atoms with E-state index in [1.807, 2.05) is 18.2 Å². The van der Waals surface area contributed by atoms with Crippen LogP contribution in [0, 0.1) is 0 Å². The minimum Gasteiger partial charge on any atom is -0.354 e. The van der Waals surface area contributed by atoms with Gasteiger partial charge in [-0.05, 0) is 44.6 Å². The predicted octanol–water partition coefficient (Wildman–Crippen LogP) is 2.46. The van der Waals surface area contributed by atoms with Gasteiger partial charge in [0.05, 0.1) is 0 Å². The van der Waals surface area contributed by atoms with Gasteiger partial charge in [0.15, 0.2) is 0 Å². The second-order valence-corrected chi connectivity index (χ2v) is 7.02. The van der Waals surface area contributed by atoms with Crippen molar-refractivity contribution < 1.29 is 14.4 Å². The van der Waals surface area contributed by atoms with Gasteiger partial charge in [0, 0.05) is 6.54 Å². The van der Waals surface area contributed by atoms with E-state index in [2.05, 4.69) is 16.7 Å². The molecular weight excluding hydrogens is 330 g/mol. The molecule has 1 atom stereocenters. The molecule has 0 radical (unpaired) electrons. The van der Waals surface area contributed by atoms with Crippen molar-refractivity contribution in [2.75, 3.05) is 13.1 Å². The number of rotatable bonds is 6. The van der Waals surface area contributed by atoms with E-state index < -0.39 is 17.5 Å². The first-order valence-electron chi connectivity index (χ1n) is 9.15. The minimum atomic E-state index is -1.13. The van der Waals surface area contributed by atoms with Crippen LogP contribution >= 0.6 is 0 Å². The zero-order chi connectivity index (χ0) is 18.6. The van der Waals surface area contributed by atoms with Crippen LogP contribution in [0.15, 0.2) is 42.0 Å². The molecule has 3 rings (SSSR count). The molecule has 1 aromatic rings. The molecule has 1 aromatic carbocycles. The third-order valence-corrected chi connectivity index (χ3v) is 5.08. The predicted molar refractivity (Wildman–Crippen MR) is 98.2 cm³/mol. The summed E-state index contributed by atoms with van der Waals surface area (Å²) in [6.45, 7) is 1.94. The Morgan fingerprint density at radius 2 is 2.00 bits per heavy atom. The Bertz CT molecular complexity index is 729. The summed E-state index contributed by atoms with van der Waals surface area (Å²) < 4.78 is 0. The van der Waals surface area contributed by atoms with E-state index in [9.17, 15) is 14.4 Å². The highest BCUT2D eigenvalue weighted by atomic mass is 16.2. The Hall–Kier alpha value is -2.63. The third-order valence-electron chi connectivity index (χ3n) is 5.08. The van der Waals surface area contributed by atoms with E-state index in [1.54, 1.807) is 19.1 Å². The first-order chi connectivity index (χ1) is 12.5. The van der Waals surface area contributed by atoms with Gasteiger partial charge >= 0.3 is 6.03 Å². The summed E-state index contributed by atoms with van der Waals surface area (Å²) in [5, 5.41) is 5.52. The van der Waals surface area contributed by atoms with E-state index in [0.29, 0.717) is 12.1 Å². The molecule has 1 unspecified atom stereocenters. The van der Waals surface area contributed by atoms with E-state index in [4.69, 9.17) is 0 Å². The lowest BCUT2D eigenvalue weighted by atomic mass is 9.92. The number of urea groups is 1. The maximum absolute atomic E-state index is 12.7. The van der Waals surface area contributed by atoms with Gasteiger partial charge in [0.1, 0.15) is 12.1 Å². The average Bonchev–Trinajstić information content (AvgIpc) is 2.87. The Morgan fingerprint density at radius 1 is 1.23 bits per heavy atom. The number of imide groups is 1. The molecule has 0 spiro atoms. The molecule has 1 heterocycles. The maximum atomic E-state index is 12.7. The van der Waals surface area contributed by atoms with Gasteiger partial charge < -0.3 is 10.6 Å². The largest absolute Gasteiger partial charge is 0.354 e. The highest BCUT2D eigenvalue weighted by molar-refractivity contribution is 6.09. The maximum Gasteiger partial charge on any atom is 0.325 e. The monoisotopic (exact) mass is 355 g/mol. The highest BCUT2D eigenvalue weighted by Gasteiger charge is 2.49. The van der Waals surface area contributed by atoms with Crippen LogP contribution in [0.2, 0.25) is 0 Å². The smallest absolute Gasteiger partial charge is 0.325 e. The van der Waals surface area contributed by atoms with Crippen LogP contribution in [0.25, 0.3) is 0 Å². The van der Waals surface area contributed by atoms with Crippen molar-refractivity contribution in [2.24, 2.45) is 0 Å². The van der Waals surface area contributed by atoms with Crippen LogP contribution in [0.1, 0.15) is 44.6 Å². The molecule has 1 saturated heterocycles. The zero-order valence-electron chi connectivity index (χ0n) is 15.1. The second kappa shape index (κ2) is 7.72. The second-order valence-electron chi connectivity index (χ2n) is 7.02. The number of hydrogen-bond donors (Lipinski definition) is 2. The fraction of sp³-hybridized carbons (Fsp3) is 0.450. The van der Waals surface area contributed by atoms with Gasteiger partial charge in [0.2, 0.25) is 5.91 Å². The molecular formula is C20H25N3O3. The van der Waals surface area contributed by atoms with E-state index in [1.165, 1.54) is 18.4 Å². The SMILES string of the molecule is CC1(c2ccccc2)NC(=O)N(CC(=O)NCCC2=CCCCC2)C1=O. The normalized spacial score (nSPS) is 22.8. The van der Waals surface area contributed by atoms with Crippen molar-refractivity contribution >= 4 is 17.8 Å². The lowest BCUT2D eigenvalue weighted by Crippen LogP contribution is -2.43. The van der Waals surface area contributed by atoms with Crippen molar-refractivity contribution in [1.82, 2.24) is 15.5 Å². The molecule has 0 saturated carbocycles. The van der Waals surface area contributed by atoms with Crippen LogP contribution < -0.4 is 10.6 Å². The zero-order valence-corrected chi connectivity index (χ0v) is 15.1. The summed E-state index contributed by atoms with van der Waals surface area (Å²) in [6.07, 6.45) is 7.73. The molecule has 6 heteroatoms. The summed E-state index contributed by atoms with van der Waals surface area (Å²) in [5.74, 6) is -0.721. The number of carbonyl (C=O) groups excluding carboxylic acids is 3. The molecule has 1 fully saturated rings. The molecule has 0 bridgehead atoms. The number of allylic oxidation sites excluding steroid dienone is 1. The number of amides is 4. The van der Waals surface area contributed by atoms with Gasteiger partial charge in [0.25, 0.3) is 5.91 Å². The van der Waals surface area contributed by atoms with Crippen molar-refractivity contribution in [3.63, 3.8) is 0 Å². The Morgan fingerprint density at radius 3 is 2.69 bits per heavy atom. The van der Waals surface area contributed by atoms with Crippen molar-refractivity contribution in [3.05, 3.63) is 47.5 Å². The van der Waals surface area contributed by atoms with Gasteiger partial charge in [-0.25, -0.2) is 4.79 Å². The van der Waals surface area contributed by atoms with Crippen molar-refractivity contribution in [3.8, 4) is 0 Å². The minimum absolute atomic E-state index is 0.258. The van der Waals surface area contributed by atoms with Gasteiger partial charge in [-0.1, -0.05) is 42.0 Å². The van der Waals surface area contributed by atoms with Crippen molar-refractivity contribution in [2.45, 2.75) is 44.6 Å². The van der Waals surface area contributed by atoms with Gasteiger partial charge in [-0.15, -0.1) is 0 Å². The summed E-state index contributed by atoms with van der Waals surface area (Å²) in [7, 11) is 0. The number of hydrogen-bond acceptors (Lipinski definition) is 3. The summed E-state index contributed by atoms with van der Waals surface area (Å²) in [5.41, 5.74) is 0.944. The van der Waals surface area contributed by atoms with Crippen LogP contribution in [0.5, 0.6) is 0 Å². The van der Waals surface area contributed by atoms with Gasteiger partial charge in [-0.2, -0.15) is 0 Å². The quantitative estimate of drug-likeness (QED) is 0.608. The molecule has 138 valence electrons. The third kappa shape index (κ3) is 3.79. The highest BCUT2D eigenvalue weighted by Crippen LogP contribution is 2.28. The van der Waals surface area contributed by atoms with E-state index in [0.717, 1.165) is 24.2 Å². The topological polar surface area (TPSA) is 78.5 Å². The number of carbonyl (C=O) groups is 3. The van der Waals surface area contributed by atoms with Crippen molar-refractivity contribution in [1.29, 1.82) is 0 Å². The molecule has 2 aliphatic rings. The Labute approximate surface area is 153 Å². The summed E-state index contributed by atoms with van der Waals surface area (Å²) in [6, 6.07) is 8.52. The standard InChI is InChI=1S/C20H25N3O3/c1-20(16-10-6-3-7-11-16)18(25)23(19(26)22-20)14-17(24)21-13-12-15-8-4-2-5-9-15/h3,6-8,10-11H,2,4-5,9,12-14H2,1H3,(H,21,24)(H,22,26). The first kappa shape index (κ1) is 18.2. The lowest BCUT2D eigenvalue weighted by Gasteiger charge is -2.22. The van der Waals surface area contributed by atoms with E-state index >= 15 is 0 Å². The molecule has 1 aliphatic carbocycles. The van der Waals surface area contributed by atoms with Crippen LogP contribution in [-0.4, -0.2) is 35.8 Å². The first-order valence-corrected chi connectivity index (χ1v) is 9.15. The summed E-state index contributed by atoms with van der Waals surface area (Å²) in [4.78, 5) is 38.1. The Balaban J connectivity index is 1.56. The van der Waals surface area contributed by atoms with E-state index in [-0.39, 0.29) is 12.5 Å². The molecule has 2 N–H and O–H groups in total. The lowest BCUT2D eigenvalue weighted by molar-refractivity contribution is -0.134. The number of nitrogens with one attached hydrogen (secondary N) is 2. The van der Waals surface area contributed by atoms with Crippen LogP contribution in [0.3, 0.4) is 0 Å². The molecule has 4 amide bonds. The average molecular weight is 355 g/mol. The fourth-order valence-corrected chi connectivity index (χ4v) is 3.50. The molecule has 1 aliphatic heterocycles. The fourth-order valence-electron chi connectivity index (χ4n) is 3.50. The summed E-state index contributed by atoms with van der Waals surface area (Å²) >= 11 is 0. The van der Waals surface area contributed by atoms with Gasteiger partial charge in [-0.3, -0.25) is 14.5 Å². The molecule has 6 nitrogen and oxygen atoms in total. The van der Waals surface area contributed by atoms with Crippen LogP contribution in [0.4, 0.5) is 4.79 Å². The molecule has 0 aromatic heterocycles. The Kier molecular flexibility index (Phi) is 5.40. The van der Waals surface area contributed by atoms with Crippen LogP contribution in [-0.2, 0) is 15.1 Å². The number of nitrogens with zero attached hydrogens (tertiary/aromatic N) is 1. The number of benzene rings is 1. The molecule has 26 heavy (non-hydrogen) atoms.